The van der Waals surface area contributed by atoms with Gasteiger partial charge in [0.1, 0.15) is 0 Å². The normalized spacial score (nSPS) is 36.5. The Kier molecular flexibility index (Phi) is 6.60. The molecule has 1 aromatic carbocycles. The van der Waals surface area contributed by atoms with Crippen molar-refractivity contribution >= 4 is 11.6 Å². The van der Waals surface area contributed by atoms with Crippen LogP contribution in [0.2, 0.25) is 0 Å². The second-order valence-corrected chi connectivity index (χ2v) is 11.8. The summed E-state index contributed by atoms with van der Waals surface area (Å²) in [6.07, 6.45) is 2.03. The molecule has 206 valence electrons. The molecule has 1 aromatic rings. The number of ether oxygens (including phenoxy) is 2. The van der Waals surface area contributed by atoms with Crippen LogP contribution in [-0.4, -0.2) is 74.5 Å². The van der Waals surface area contributed by atoms with E-state index < -0.39 is 11.7 Å². The number of methoxy groups -OCH3 is 1. The summed E-state index contributed by atoms with van der Waals surface area (Å²) in [5.41, 5.74) is -0.727. The van der Waals surface area contributed by atoms with Gasteiger partial charge < -0.3 is 24.6 Å². The van der Waals surface area contributed by atoms with Crippen molar-refractivity contribution in [2.45, 2.75) is 81.4 Å². The molecule has 0 radical (unpaired) electrons. The Labute approximate surface area is 221 Å². The van der Waals surface area contributed by atoms with E-state index in [4.69, 9.17) is 9.47 Å². The molecule has 0 unspecified atom stereocenters. The highest BCUT2D eigenvalue weighted by atomic mass is 19.4. The van der Waals surface area contributed by atoms with Gasteiger partial charge in [0, 0.05) is 50.6 Å². The number of hydrogen-bond donors (Lipinski definition) is 1. The monoisotopic (exact) mass is 532 g/mol. The van der Waals surface area contributed by atoms with Crippen LogP contribution in [0.3, 0.4) is 0 Å². The zero-order chi connectivity index (χ0) is 26.7. The topological polar surface area (TPSA) is 77.8 Å². The summed E-state index contributed by atoms with van der Waals surface area (Å²) < 4.78 is 51.5. The fourth-order valence-corrected chi connectivity index (χ4v) is 8.08. The molecule has 0 spiro atoms. The van der Waals surface area contributed by atoms with Crippen LogP contribution in [-0.2, 0) is 20.4 Å². The average molecular weight is 533 g/mol. The average Bonchev–Trinajstić information content (AvgIpc) is 3.67. The molecular weight excluding hydrogens is 497 g/mol. The molecule has 3 heterocycles. The number of benzene rings is 1. The van der Waals surface area contributed by atoms with Crippen LogP contribution >= 0.6 is 0 Å². The predicted octanol–water partition coefficient (Wildman–Crippen LogP) is 3.71. The zero-order valence-corrected chi connectivity index (χ0v) is 21.7. The van der Waals surface area contributed by atoms with Crippen LogP contribution in [0.25, 0.3) is 0 Å². The first-order valence-electron chi connectivity index (χ1n) is 13.8. The number of likely N-dealkylation sites (tertiary alicyclic amines) is 1. The lowest BCUT2D eigenvalue weighted by Crippen LogP contribution is -2.54. The first-order chi connectivity index (χ1) is 18.2. The number of halogens is 3. The van der Waals surface area contributed by atoms with Crippen molar-refractivity contribution in [2.24, 2.45) is 11.3 Å². The number of fused-ring (bicyclic) bond motifs is 3. The summed E-state index contributed by atoms with van der Waals surface area (Å²) in [4.78, 5) is 18.2. The van der Waals surface area contributed by atoms with Gasteiger partial charge in [-0.1, -0.05) is 6.42 Å². The van der Waals surface area contributed by atoms with Crippen molar-refractivity contribution in [3.63, 3.8) is 0 Å². The van der Waals surface area contributed by atoms with Crippen LogP contribution in [0.5, 0.6) is 0 Å². The Morgan fingerprint density at radius 1 is 1.21 bits per heavy atom. The highest BCUT2D eigenvalue weighted by Gasteiger charge is 2.59. The van der Waals surface area contributed by atoms with Gasteiger partial charge in [0.15, 0.2) is 0 Å². The SMILES string of the molecule is CO[C@@H]1COCC[C@@H]1N[C@@H]1C[C@H]2CCC[C@@]2(C(=O)N2C[C@H]3C[C@H]2CN3c2cc(C#N)cc(C(F)(F)F)c2)C1. The molecule has 7 nitrogen and oxygen atoms in total. The summed E-state index contributed by atoms with van der Waals surface area (Å²) in [6, 6.07) is 5.89. The van der Waals surface area contributed by atoms with E-state index in [-0.39, 0.29) is 47.2 Å². The molecule has 1 N–H and O–H groups in total. The van der Waals surface area contributed by atoms with E-state index in [9.17, 15) is 23.2 Å². The number of hydrogen-bond acceptors (Lipinski definition) is 6. The standard InChI is InChI=1S/C28H35F3N4O3/c1-37-25-16-38-6-4-24(25)33-20-9-18-3-2-5-27(18,12-20)26(36)35-15-22-11-23(35)14-34(22)21-8-17(13-32)7-19(10-21)28(29,30)31/h7-8,10,18,20,22-25,33H,2-6,9,11-12,14-16H2,1H3/t18-,20-,22-,23+,24+,25-,27-/m1/s1. The van der Waals surface area contributed by atoms with Crippen molar-refractivity contribution in [1.82, 2.24) is 10.2 Å². The largest absolute Gasteiger partial charge is 0.416 e. The minimum Gasteiger partial charge on any atom is -0.379 e. The van der Waals surface area contributed by atoms with Crippen molar-refractivity contribution in [3.8, 4) is 6.07 Å². The van der Waals surface area contributed by atoms with E-state index in [0.717, 1.165) is 57.1 Å². The third kappa shape index (κ3) is 4.37. The Bertz CT molecular complexity index is 1120. The van der Waals surface area contributed by atoms with Gasteiger partial charge in [-0.15, -0.1) is 0 Å². The molecular formula is C28H35F3N4O3. The Morgan fingerprint density at radius 2 is 2.05 bits per heavy atom. The molecule has 3 saturated heterocycles. The number of anilines is 1. The third-order valence-electron chi connectivity index (χ3n) is 9.83. The number of amides is 1. The van der Waals surface area contributed by atoms with Gasteiger partial charge >= 0.3 is 6.18 Å². The lowest BCUT2D eigenvalue weighted by atomic mass is 9.78. The summed E-state index contributed by atoms with van der Waals surface area (Å²) in [7, 11) is 1.72. The van der Waals surface area contributed by atoms with Gasteiger partial charge in [0.25, 0.3) is 0 Å². The molecule has 1 amide bonds. The van der Waals surface area contributed by atoms with Crippen molar-refractivity contribution in [2.75, 3.05) is 38.3 Å². The van der Waals surface area contributed by atoms with Crippen LogP contribution in [0.4, 0.5) is 18.9 Å². The lowest BCUT2D eigenvalue weighted by molar-refractivity contribution is -0.144. The van der Waals surface area contributed by atoms with Crippen LogP contribution in [0, 0.1) is 22.7 Å². The van der Waals surface area contributed by atoms with Gasteiger partial charge in [-0.25, -0.2) is 0 Å². The molecule has 38 heavy (non-hydrogen) atoms. The fourth-order valence-electron chi connectivity index (χ4n) is 8.08. The highest BCUT2D eigenvalue weighted by Crippen LogP contribution is 2.56. The molecule has 2 saturated carbocycles. The van der Waals surface area contributed by atoms with Gasteiger partial charge in [-0.3, -0.25) is 4.79 Å². The Morgan fingerprint density at radius 3 is 2.76 bits per heavy atom. The molecule has 3 aliphatic heterocycles. The summed E-state index contributed by atoms with van der Waals surface area (Å²) in [5.74, 6) is 0.610. The van der Waals surface area contributed by atoms with E-state index in [0.29, 0.717) is 37.9 Å². The quantitative estimate of drug-likeness (QED) is 0.623. The minimum atomic E-state index is -4.51. The molecule has 2 aliphatic carbocycles. The summed E-state index contributed by atoms with van der Waals surface area (Å²) in [6.45, 7) is 2.33. The van der Waals surface area contributed by atoms with E-state index in [1.165, 1.54) is 6.07 Å². The minimum absolute atomic E-state index is 0.00274. The van der Waals surface area contributed by atoms with Crippen LogP contribution in [0.15, 0.2) is 18.2 Å². The predicted molar refractivity (Wildman–Crippen MR) is 133 cm³/mol. The number of rotatable bonds is 5. The number of nitriles is 1. The number of nitrogens with zero attached hydrogens (tertiary/aromatic N) is 3. The lowest BCUT2D eigenvalue weighted by Gasteiger charge is -2.41. The number of carbonyl (C=O) groups is 1. The zero-order valence-electron chi connectivity index (χ0n) is 21.7. The van der Waals surface area contributed by atoms with E-state index in [2.05, 4.69) is 5.32 Å². The van der Waals surface area contributed by atoms with Crippen molar-refractivity contribution < 1.29 is 27.4 Å². The van der Waals surface area contributed by atoms with Gasteiger partial charge in [0.2, 0.25) is 5.91 Å². The maximum absolute atomic E-state index is 14.2. The van der Waals surface area contributed by atoms with Crippen LogP contribution in [0.1, 0.15) is 56.1 Å². The number of nitrogens with one attached hydrogen (secondary N) is 1. The van der Waals surface area contributed by atoms with E-state index in [1.54, 1.807) is 7.11 Å². The maximum Gasteiger partial charge on any atom is 0.416 e. The Hall–Kier alpha value is -2.35. The fraction of sp³-hybridized carbons (Fsp3) is 0.714. The third-order valence-corrected chi connectivity index (χ3v) is 9.83. The number of piperazine rings is 1. The second kappa shape index (κ2) is 9.68. The summed E-state index contributed by atoms with van der Waals surface area (Å²) in [5, 5.41) is 13.1. The molecule has 5 fully saturated rings. The number of carbonyl (C=O) groups excluding carboxylic acids is 1. The summed E-state index contributed by atoms with van der Waals surface area (Å²) >= 11 is 0. The van der Waals surface area contributed by atoms with Gasteiger partial charge in [-0.2, -0.15) is 18.4 Å². The van der Waals surface area contributed by atoms with Crippen LogP contribution < -0.4 is 10.2 Å². The number of alkyl halides is 3. The molecule has 5 aliphatic rings. The van der Waals surface area contributed by atoms with Gasteiger partial charge in [-0.05, 0) is 62.6 Å². The molecule has 10 heteroatoms. The molecule has 7 atom stereocenters. The maximum atomic E-state index is 14.2. The smallest absolute Gasteiger partial charge is 0.379 e. The van der Waals surface area contributed by atoms with E-state index in [1.807, 2.05) is 15.9 Å². The second-order valence-electron chi connectivity index (χ2n) is 11.8. The Balaban J connectivity index is 1.16. The highest BCUT2D eigenvalue weighted by molar-refractivity contribution is 5.85. The first kappa shape index (κ1) is 25.9. The molecule has 6 rings (SSSR count). The van der Waals surface area contributed by atoms with E-state index >= 15 is 0 Å². The van der Waals surface area contributed by atoms with Crippen molar-refractivity contribution in [3.05, 3.63) is 29.3 Å². The van der Waals surface area contributed by atoms with Crippen molar-refractivity contribution in [1.29, 1.82) is 5.26 Å². The molecule has 0 aromatic heterocycles. The molecule has 2 bridgehead atoms. The van der Waals surface area contributed by atoms with Gasteiger partial charge in [0.05, 0.1) is 41.4 Å². The first-order valence-corrected chi connectivity index (χ1v) is 13.8.